The molecule has 1 aromatic carbocycles. The number of anilines is 2. The van der Waals surface area contributed by atoms with Crippen LogP contribution in [0.1, 0.15) is 13.8 Å². The van der Waals surface area contributed by atoms with Gasteiger partial charge in [-0.25, -0.2) is 0 Å². The summed E-state index contributed by atoms with van der Waals surface area (Å²) in [4.78, 5) is 11.5. The first kappa shape index (κ1) is 15.5. The van der Waals surface area contributed by atoms with Crippen molar-refractivity contribution in [2.24, 2.45) is 5.92 Å². The third kappa shape index (κ3) is 5.28. The molecule has 2 N–H and O–H groups in total. The van der Waals surface area contributed by atoms with Crippen LogP contribution in [0.5, 0.6) is 0 Å². The second-order valence-corrected chi connectivity index (χ2v) is 4.50. The van der Waals surface area contributed by atoms with Crippen molar-refractivity contribution in [1.29, 1.82) is 0 Å². The van der Waals surface area contributed by atoms with Gasteiger partial charge in [0.1, 0.15) is 0 Å². The Bertz CT molecular complexity index is 386. The molecule has 0 saturated heterocycles. The quantitative estimate of drug-likeness (QED) is 0.744. The first-order valence-corrected chi connectivity index (χ1v) is 6.27. The maximum absolute atomic E-state index is 11.5. The van der Waals surface area contributed by atoms with E-state index in [1.165, 1.54) is 0 Å². The zero-order valence-corrected chi connectivity index (χ0v) is 11.9. The number of methoxy groups -OCH3 is 2. The van der Waals surface area contributed by atoms with Crippen LogP contribution in [0.25, 0.3) is 0 Å². The Kier molecular flexibility index (Phi) is 6.32. The van der Waals surface area contributed by atoms with Crippen LogP contribution in [-0.2, 0) is 14.3 Å². The molecule has 0 unspecified atom stereocenters. The van der Waals surface area contributed by atoms with Crippen LogP contribution in [0.4, 0.5) is 11.4 Å². The minimum Gasteiger partial charge on any atom is -0.380 e. The maximum Gasteiger partial charge on any atom is 0.226 e. The SMILES string of the molecule is COC(CNc1ccc(NC(=O)C(C)C)cc1)OC. The summed E-state index contributed by atoms with van der Waals surface area (Å²) < 4.78 is 10.2. The van der Waals surface area contributed by atoms with E-state index in [4.69, 9.17) is 9.47 Å². The van der Waals surface area contributed by atoms with Crippen LogP contribution in [0.2, 0.25) is 0 Å². The summed E-state index contributed by atoms with van der Waals surface area (Å²) in [5, 5.41) is 6.03. The predicted octanol–water partition coefficient (Wildman–Crippen LogP) is 2.31. The van der Waals surface area contributed by atoms with Gasteiger partial charge in [-0.3, -0.25) is 4.79 Å². The van der Waals surface area contributed by atoms with Crippen LogP contribution in [0.3, 0.4) is 0 Å². The summed E-state index contributed by atoms with van der Waals surface area (Å²) >= 11 is 0. The van der Waals surface area contributed by atoms with Gasteiger partial charge >= 0.3 is 0 Å². The largest absolute Gasteiger partial charge is 0.380 e. The summed E-state index contributed by atoms with van der Waals surface area (Å²) in [7, 11) is 3.20. The number of ether oxygens (including phenoxy) is 2. The fraction of sp³-hybridized carbons (Fsp3) is 0.500. The van der Waals surface area contributed by atoms with E-state index in [1.807, 2.05) is 38.1 Å². The van der Waals surface area contributed by atoms with Crippen molar-refractivity contribution >= 4 is 17.3 Å². The molecule has 0 aliphatic carbocycles. The van der Waals surface area contributed by atoms with Crippen molar-refractivity contribution in [3.8, 4) is 0 Å². The summed E-state index contributed by atoms with van der Waals surface area (Å²) in [5.74, 6) is -0.0125. The van der Waals surface area contributed by atoms with E-state index in [0.29, 0.717) is 6.54 Å². The molecule has 0 atom stereocenters. The molecule has 0 fully saturated rings. The molecule has 0 saturated carbocycles. The number of nitrogens with one attached hydrogen (secondary N) is 2. The molecule has 0 bridgehead atoms. The van der Waals surface area contributed by atoms with Crippen LogP contribution < -0.4 is 10.6 Å². The van der Waals surface area contributed by atoms with Crippen molar-refractivity contribution in [3.63, 3.8) is 0 Å². The Balaban J connectivity index is 2.50. The lowest BCUT2D eigenvalue weighted by atomic mass is 10.2. The Morgan fingerprint density at radius 3 is 2.11 bits per heavy atom. The average molecular weight is 266 g/mol. The second-order valence-electron chi connectivity index (χ2n) is 4.50. The number of carbonyl (C=O) groups excluding carboxylic acids is 1. The van der Waals surface area contributed by atoms with E-state index in [1.54, 1.807) is 14.2 Å². The van der Waals surface area contributed by atoms with Gasteiger partial charge in [-0.1, -0.05) is 13.8 Å². The number of hydrogen-bond acceptors (Lipinski definition) is 4. The number of hydrogen-bond donors (Lipinski definition) is 2. The van der Waals surface area contributed by atoms with Crippen molar-refractivity contribution < 1.29 is 14.3 Å². The van der Waals surface area contributed by atoms with Gasteiger partial charge < -0.3 is 20.1 Å². The Morgan fingerprint density at radius 2 is 1.63 bits per heavy atom. The summed E-state index contributed by atoms with van der Waals surface area (Å²) in [6, 6.07) is 7.52. The standard InChI is InChI=1S/C14H22N2O3/c1-10(2)14(17)16-12-7-5-11(6-8-12)15-9-13(18-3)19-4/h5-8,10,13,15H,9H2,1-4H3,(H,16,17). The van der Waals surface area contributed by atoms with Gasteiger partial charge in [0.05, 0.1) is 6.54 Å². The van der Waals surface area contributed by atoms with Gasteiger partial charge in [-0.05, 0) is 24.3 Å². The third-order valence-corrected chi connectivity index (χ3v) is 2.68. The Morgan fingerprint density at radius 1 is 1.11 bits per heavy atom. The van der Waals surface area contributed by atoms with Crippen molar-refractivity contribution in [3.05, 3.63) is 24.3 Å². The molecule has 0 aliphatic heterocycles. The second kappa shape index (κ2) is 7.76. The molecule has 0 heterocycles. The highest BCUT2D eigenvalue weighted by atomic mass is 16.7. The third-order valence-electron chi connectivity index (χ3n) is 2.68. The highest BCUT2D eigenvalue weighted by Crippen LogP contribution is 2.14. The maximum atomic E-state index is 11.5. The lowest BCUT2D eigenvalue weighted by Crippen LogP contribution is -2.23. The summed E-state index contributed by atoms with van der Waals surface area (Å²) in [6.45, 7) is 4.28. The minimum atomic E-state index is -0.277. The van der Waals surface area contributed by atoms with Crippen LogP contribution in [0, 0.1) is 5.92 Å². The van der Waals surface area contributed by atoms with Crippen molar-refractivity contribution in [2.45, 2.75) is 20.1 Å². The monoisotopic (exact) mass is 266 g/mol. The van der Waals surface area contributed by atoms with Gasteiger partial charge in [0.25, 0.3) is 0 Å². The number of carbonyl (C=O) groups is 1. The molecular weight excluding hydrogens is 244 g/mol. The normalized spacial score (nSPS) is 10.8. The number of amides is 1. The van der Waals surface area contributed by atoms with Gasteiger partial charge in [0.2, 0.25) is 5.91 Å². The number of benzene rings is 1. The first-order chi connectivity index (χ1) is 9.06. The molecule has 0 aliphatic rings. The lowest BCUT2D eigenvalue weighted by molar-refractivity contribution is -0.118. The summed E-state index contributed by atoms with van der Waals surface area (Å²) in [6.07, 6.45) is -0.277. The summed E-state index contributed by atoms with van der Waals surface area (Å²) in [5.41, 5.74) is 1.74. The van der Waals surface area contributed by atoms with E-state index >= 15 is 0 Å². The van der Waals surface area contributed by atoms with Gasteiger partial charge in [0, 0.05) is 31.5 Å². The Labute approximate surface area is 114 Å². The fourth-order valence-corrected chi connectivity index (χ4v) is 1.42. The molecule has 1 rings (SSSR count). The highest BCUT2D eigenvalue weighted by molar-refractivity contribution is 5.92. The zero-order chi connectivity index (χ0) is 14.3. The van der Waals surface area contributed by atoms with Crippen molar-refractivity contribution in [2.75, 3.05) is 31.4 Å². The molecule has 0 radical (unpaired) electrons. The molecule has 19 heavy (non-hydrogen) atoms. The van der Waals surface area contributed by atoms with Gasteiger partial charge in [-0.2, -0.15) is 0 Å². The van der Waals surface area contributed by atoms with Crippen molar-refractivity contribution in [1.82, 2.24) is 0 Å². The molecular formula is C14H22N2O3. The molecule has 1 amide bonds. The van der Waals surface area contributed by atoms with Crippen LogP contribution >= 0.6 is 0 Å². The fourth-order valence-electron chi connectivity index (χ4n) is 1.42. The van der Waals surface area contributed by atoms with Gasteiger partial charge in [0.15, 0.2) is 6.29 Å². The van der Waals surface area contributed by atoms with Crippen LogP contribution in [-0.4, -0.2) is 33.0 Å². The Hall–Kier alpha value is -1.59. The molecule has 0 spiro atoms. The smallest absolute Gasteiger partial charge is 0.226 e. The molecule has 1 aromatic rings. The van der Waals surface area contributed by atoms with E-state index < -0.39 is 0 Å². The topological polar surface area (TPSA) is 59.6 Å². The van der Waals surface area contributed by atoms with E-state index in [2.05, 4.69) is 10.6 Å². The first-order valence-electron chi connectivity index (χ1n) is 6.27. The highest BCUT2D eigenvalue weighted by Gasteiger charge is 2.07. The molecule has 5 nitrogen and oxygen atoms in total. The number of rotatable bonds is 7. The average Bonchev–Trinajstić information content (AvgIpc) is 2.41. The molecule has 5 heteroatoms. The van der Waals surface area contributed by atoms with E-state index in [-0.39, 0.29) is 18.1 Å². The lowest BCUT2D eigenvalue weighted by Gasteiger charge is -2.15. The zero-order valence-electron chi connectivity index (χ0n) is 11.9. The van der Waals surface area contributed by atoms with Crippen LogP contribution in [0.15, 0.2) is 24.3 Å². The predicted molar refractivity (Wildman–Crippen MR) is 76.2 cm³/mol. The molecule has 0 aromatic heterocycles. The van der Waals surface area contributed by atoms with E-state index in [0.717, 1.165) is 11.4 Å². The minimum absolute atomic E-state index is 0.0135. The molecule has 106 valence electrons. The van der Waals surface area contributed by atoms with E-state index in [9.17, 15) is 4.79 Å². The van der Waals surface area contributed by atoms with Gasteiger partial charge in [-0.15, -0.1) is 0 Å².